The van der Waals surface area contributed by atoms with Gasteiger partial charge in [0.2, 0.25) is 0 Å². The number of hydrogen-bond donors (Lipinski definition) is 0. The zero-order valence-electron chi connectivity index (χ0n) is 24.4. The van der Waals surface area contributed by atoms with Gasteiger partial charge in [-0.2, -0.15) is 0 Å². The first-order valence-electron chi connectivity index (χ1n) is 15.4. The summed E-state index contributed by atoms with van der Waals surface area (Å²) in [5, 5.41) is 0. The predicted molar refractivity (Wildman–Crippen MR) is 165 cm³/mol. The Hall–Kier alpha value is -3.13. The van der Waals surface area contributed by atoms with Gasteiger partial charge in [0.05, 0.1) is 6.54 Å². The van der Waals surface area contributed by atoms with Gasteiger partial charge in [0.15, 0.2) is 0 Å². The van der Waals surface area contributed by atoms with E-state index in [2.05, 4.69) is 126 Å². The van der Waals surface area contributed by atoms with E-state index in [0.29, 0.717) is 0 Å². The summed E-state index contributed by atoms with van der Waals surface area (Å²) in [5.74, 6) is 1.46. The van der Waals surface area contributed by atoms with Crippen molar-refractivity contribution >= 4 is 0 Å². The molecule has 0 amide bonds. The van der Waals surface area contributed by atoms with Crippen LogP contribution in [-0.4, -0.2) is 4.57 Å². The first-order valence-corrected chi connectivity index (χ1v) is 15.4. The molecule has 4 aromatic rings. The minimum absolute atomic E-state index is 0.000546. The third kappa shape index (κ3) is 8.95. The maximum Gasteiger partial charge on any atom is 0.256 e. The molecular weight excluding hydrogens is 472 g/mol. The first-order chi connectivity index (χ1) is 19.2. The maximum absolute atomic E-state index is 2.56. The molecule has 3 aromatic carbocycles. The van der Waals surface area contributed by atoms with Crippen molar-refractivity contribution in [2.75, 3.05) is 0 Å². The number of hydrogen-bond acceptors (Lipinski definition) is 0. The Kier molecular flexibility index (Phi) is 11.4. The Morgan fingerprint density at radius 2 is 1.18 bits per heavy atom. The second-order valence-corrected chi connectivity index (χ2v) is 11.6. The van der Waals surface area contributed by atoms with Crippen LogP contribution in [0.5, 0.6) is 0 Å². The van der Waals surface area contributed by atoms with Gasteiger partial charge >= 0.3 is 0 Å². The molecule has 2 nitrogen and oxygen atoms in total. The number of rotatable bonds is 17. The van der Waals surface area contributed by atoms with Crippen molar-refractivity contribution in [2.24, 2.45) is 0 Å². The van der Waals surface area contributed by atoms with E-state index in [1.165, 1.54) is 80.3 Å². The molecule has 0 saturated heterocycles. The van der Waals surface area contributed by atoms with E-state index in [0.717, 1.165) is 25.9 Å². The molecule has 206 valence electrons. The summed E-state index contributed by atoms with van der Waals surface area (Å²) in [7, 11) is 0. The monoisotopic (exact) mass is 521 g/mol. The van der Waals surface area contributed by atoms with Gasteiger partial charge in [-0.3, -0.25) is 0 Å². The van der Waals surface area contributed by atoms with E-state index in [4.69, 9.17) is 0 Å². The van der Waals surface area contributed by atoms with Gasteiger partial charge in [-0.25, -0.2) is 9.13 Å². The first kappa shape index (κ1) is 28.9. The highest BCUT2D eigenvalue weighted by Gasteiger charge is 2.32. The molecule has 0 aliphatic rings. The average Bonchev–Trinajstić information content (AvgIpc) is 3.33. The lowest BCUT2D eigenvalue weighted by Crippen LogP contribution is -2.39. The zero-order chi connectivity index (χ0) is 27.2. The molecule has 0 aliphatic heterocycles. The van der Waals surface area contributed by atoms with Gasteiger partial charge < -0.3 is 0 Å². The molecule has 4 rings (SSSR count). The second-order valence-electron chi connectivity index (χ2n) is 11.6. The lowest BCUT2D eigenvalue weighted by Gasteiger charge is -2.29. The quantitative estimate of drug-likeness (QED) is 0.0967. The maximum atomic E-state index is 2.56. The third-order valence-corrected chi connectivity index (χ3v) is 8.22. The van der Waals surface area contributed by atoms with Crippen molar-refractivity contribution in [3.8, 4) is 0 Å². The van der Waals surface area contributed by atoms with Gasteiger partial charge in [-0.1, -0.05) is 156 Å². The number of unbranched alkanes of at least 4 members (excludes halogenated alkanes) is 8. The minimum atomic E-state index is -0.000546. The molecule has 0 fully saturated rings. The van der Waals surface area contributed by atoms with Gasteiger partial charge in [-0.15, -0.1) is 0 Å². The summed E-state index contributed by atoms with van der Waals surface area (Å²) in [6, 6.07) is 33.0. The molecule has 1 aromatic heterocycles. The Bertz CT molecular complexity index is 1200. The Labute approximate surface area is 237 Å². The molecular formula is C37H49N2+. The van der Waals surface area contributed by atoms with Crippen molar-refractivity contribution in [2.45, 2.75) is 103 Å². The molecule has 0 aliphatic carbocycles. The smallest absolute Gasteiger partial charge is 0.233 e. The largest absolute Gasteiger partial charge is 0.256 e. The van der Waals surface area contributed by atoms with Crippen molar-refractivity contribution < 1.29 is 4.57 Å². The van der Waals surface area contributed by atoms with E-state index in [1.54, 1.807) is 0 Å². The number of imidazole rings is 1. The second kappa shape index (κ2) is 15.5. The molecule has 2 heteroatoms. The van der Waals surface area contributed by atoms with Gasteiger partial charge in [0.25, 0.3) is 5.82 Å². The summed E-state index contributed by atoms with van der Waals surface area (Å²) < 4.78 is 5.05. The van der Waals surface area contributed by atoms with Gasteiger partial charge in [-0.05, 0) is 29.5 Å². The molecule has 0 saturated carbocycles. The molecule has 1 heterocycles. The van der Waals surface area contributed by atoms with Crippen LogP contribution in [0, 0.1) is 0 Å². The van der Waals surface area contributed by atoms with Crippen LogP contribution in [0.1, 0.15) is 94.1 Å². The summed E-state index contributed by atoms with van der Waals surface area (Å²) >= 11 is 0. The average molecular weight is 522 g/mol. The summed E-state index contributed by atoms with van der Waals surface area (Å²) in [6.07, 6.45) is 19.1. The highest BCUT2D eigenvalue weighted by Crippen LogP contribution is 2.31. The normalized spacial score (nSPS) is 12.9. The van der Waals surface area contributed by atoms with Crippen molar-refractivity contribution in [3.63, 3.8) is 0 Å². The fraction of sp³-hybridized carbons (Fsp3) is 0.432. The van der Waals surface area contributed by atoms with Gasteiger partial charge in [0.1, 0.15) is 18.9 Å². The van der Waals surface area contributed by atoms with Crippen molar-refractivity contribution in [1.82, 2.24) is 4.57 Å². The van der Waals surface area contributed by atoms with E-state index >= 15 is 0 Å². The molecule has 39 heavy (non-hydrogen) atoms. The molecule has 0 radical (unpaired) electrons. The van der Waals surface area contributed by atoms with Crippen LogP contribution in [0.25, 0.3) is 0 Å². The van der Waals surface area contributed by atoms with Crippen LogP contribution in [0.2, 0.25) is 0 Å². The van der Waals surface area contributed by atoms with Crippen LogP contribution in [0.3, 0.4) is 0 Å². The van der Waals surface area contributed by atoms with E-state index < -0.39 is 0 Å². The fourth-order valence-corrected chi connectivity index (χ4v) is 5.96. The SMILES string of the molecule is CCCCCCCCCCCc1n(CC(C)(Cc2ccccc2)c2ccccc2)cc[n+]1Cc1ccccc1. The Morgan fingerprint density at radius 3 is 1.79 bits per heavy atom. The van der Waals surface area contributed by atoms with Crippen LogP contribution < -0.4 is 4.57 Å². The van der Waals surface area contributed by atoms with Crippen LogP contribution in [-0.2, 0) is 31.3 Å². The Balaban J connectivity index is 1.50. The standard InChI is InChI=1S/C37H49N2/c1-3-4-5-6-7-8-9-10-20-27-36-38(31-34-23-16-12-17-24-34)28-29-39(36)32-37(2,35-25-18-13-19-26-35)30-33-21-14-11-15-22-33/h11-19,21-26,28-29H,3-10,20,27,30-32H2,1-2H3/q+1. The third-order valence-electron chi connectivity index (χ3n) is 8.22. The van der Waals surface area contributed by atoms with Gasteiger partial charge in [0, 0.05) is 11.8 Å². The van der Waals surface area contributed by atoms with Crippen LogP contribution >= 0.6 is 0 Å². The molecule has 0 N–H and O–H groups in total. The predicted octanol–water partition coefficient (Wildman–Crippen LogP) is 9.10. The van der Waals surface area contributed by atoms with Crippen molar-refractivity contribution in [1.29, 1.82) is 0 Å². The van der Waals surface area contributed by atoms with Crippen molar-refractivity contribution in [3.05, 3.63) is 126 Å². The summed E-state index contributed by atoms with van der Waals surface area (Å²) in [6.45, 7) is 6.64. The highest BCUT2D eigenvalue weighted by atomic mass is 15.2. The molecule has 1 unspecified atom stereocenters. The summed E-state index contributed by atoms with van der Waals surface area (Å²) in [4.78, 5) is 0. The lowest BCUT2D eigenvalue weighted by molar-refractivity contribution is -0.695. The topological polar surface area (TPSA) is 8.81 Å². The van der Waals surface area contributed by atoms with Crippen LogP contribution in [0.4, 0.5) is 0 Å². The zero-order valence-corrected chi connectivity index (χ0v) is 24.4. The highest BCUT2D eigenvalue weighted by molar-refractivity contribution is 5.29. The fourth-order valence-electron chi connectivity index (χ4n) is 5.96. The number of aromatic nitrogens is 2. The molecule has 0 bridgehead atoms. The Morgan fingerprint density at radius 1 is 0.641 bits per heavy atom. The van der Waals surface area contributed by atoms with E-state index in [-0.39, 0.29) is 5.41 Å². The van der Waals surface area contributed by atoms with E-state index in [9.17, 15) is 0 Å². The summed E-state index contributed by atoms with van der Waals surface area (Å²) in [5.41, 5.74) is 4.17. The number of nitrogens with zero attached hydrogens (tertiary/aromatic N) is 2. The van der Waals surface area contributed by atoms with Crippen LogP contribution in [0.15, 0.2) is 103 Å². The molecule has 0 spiro atoms. The van der Waals surface area contributed by atoms with E-state index in [1.807, 2.05) is 0 Å². The minimum Gasteiger partial charge on any atom is -0.233 e. The number of benzene rings is 3. The lowest BCUT2D eigenvalue weighted by atomic mass is 9.77. The molecule has 1 atom stereocenters.